The smallest absolute Gasteiger partial charge is 0.249 e. The van der Waals surface area contributed by atoms with E-state index in [0.29, 0.717) is 40.2 Å². The van der Waals surface area contributed by atoms with Crippen LogP contribution in [0.15, 0.2) is 54.7 Å². The van der Waals surface area contributed by atoms with E-state index in [9.17, 15) is 10.1 Å². The van der Waals surface area contributed by atoms with Crippen molar-refractivity contribution in [2.24, 2.45) is 5.73 Å². The lowest BCUT2D eigenvalue weighted by Gasteiger charge is -2.13. The van der Waals surface area contributed by atoms with Gasteiger partial charge in [0, 0.05) is 35.1 Å². The normalized spacial score (nSPS) is 10.5. The summed E-state index contributed by atoms with van der Waals surface area (Å²) in [5, 5.41) is 13.0. The highest BCUT2D eigenvalue weighted by molar-refractivity contribution is 6.02. The summed E-state index contributed by atoms with van der Waals surface area (Å²) in [6.07, 6.45) is 4.01. The predicted octanol–water partition coefficient (Wildman–Crippen LogP) is 3.86. The summed E-state index contributed by atoms with van der Waals surface area (Å²) in [4.78, 5) is 16.5. The molecular weight excluding hydrogens is 374 g/mol. The molecule has 2 aromatic carbocycles. The number of amides is 1. The second-order valence-corrected chi connectivity index (χ2v) is 7.09. The maximum Gasteiger partial charge on any atom is 0.249 e. The Labute approximate surface area is 176 Å². The lowest BCUT2D eigenvalue weighted by molar-refractivity contribution is 0.100. The van der Waals surface area contributed by atoms with Gasteiger partial charge >= 0.3 is 0 Å². The number of nitriles is 1. The van der Waals surface area contributed by atoms with Crippen LogP contribution in [-0.4, -0.2) is 17.4 Å². The van der Waals surface area contributed by atoms with Gasteiger partial charge < -0.3 is 16.8 Å². The van der Waals surface area contributed by atoms with Gasteiger partial charge in [0.15, 0.2) is 0 Å². The number of benzene rings is 2. The van der Waals surface area contributed by atoms with Gasteiger partial charge in [0.1, 0.15) is 6.07 Å². The van der Waals surface area contributed by atoms with Gasteiger partial charge in [-0.05, 0) is 48.4 Å². The Balaban J connectivity index is 2.02. The van der Waals surface area contributed by atoms with Crippen molar-refractivity contribution in [1.82, 2.24) is 10.3 Å². The van der Waals surface area contributed by atoms with Gasteiger partial charge in [0.05, 0.1) is 11.3 Å². The van der Waals surface area contributed by atoms with Crippen molar-refractivity contribution >= 4 is 11.6 Å². The number of hydrogen-bond acceptors (Lipinski definition) is 5. The van der Waals surface area contributed by atoms with Crippen LogP contribution in [0.25, 0.3) is 22.4 Å². The molecule has 0 unspecified atom stereocenters. The summed E-state index contributed by atoms with van der Waals surface area (Å²) in [5.41, 5.74) is 16.7. The lowest BCUT2D eigenvalue weighted by Crippen LogP contribution is -2.15. The van der Waals surface area contributed by atoms with Crippen LogP contribution in [0.3, 0.4) is 0 Å². The number of aromatic nitrogens is 1. The molecule has 1 heterocycles. The fourth-order valence-electron chi connectivity index (χ4n) is 3.33. The Morgan fingerprint density at radius 2 is 1.97 bits per heavy atom. The van der Waals surface area contributed by atoms with E-state index in [1.807, 2.05) is 30.3 Å². The molecule has 3 aromatic rings. The number of primary amides is 1. The highest BCUT2D eigenvalue weighted by atomic mass is 16.1. The molecule has 0 atom stereocenters. The molecule has 0 aliphatic heterocycles. The molecule has 0 spiro atoms. The highest BCUT2D eigenvalue weighted by Gasteiger charge is 2.16. The first-order valence-corrected chi connectivity index (χ1v) is 9.94. The van der Waals surface area contributed by atoms with Crippen LogP contribution in [0.1, 0.15) is 41.3 Å². The molecule has 0 bridgehead atoms. The van der Waals surface area contributed by atoms with Crippen molar-refractivity contribution in [3.8, 4) is 28.5 Å². The largest absolute Gasteiger partial charge is 0.398 e. The molecule has 5 N–H and O–H groups in total. The quantitative estimate of drug-likeness (QED) is 0.393. The van der Waals surface area contributed by atoms with Gasteiger partial charge in [-0.25, -0.2) is 0 Å². The SMILES string of the molecule is CCCCNCc1cnc(-c2ccc(C(N)=O)c(-c3ccccc3N)c2)c(C#N)c1. The van der Waals surface area contributed by atoms with Crippen LogP contribution in [0.4, 0.5) is 5.69 Å². The topological polar surface area (TPSA) is 118 Å². The number of unbranched alkanes of at least 4 members (excludes halogenated alkanes) is 1. The maximum atomic E-state index is 12.0. The Morgan fingerprint density at radius 3 is 2.67 bits per heavy atom. The van der Waals surface area contributed by atoms with Gasteiger partial charge in [-0.2, -0.15) is 5.26 Å². The number of rotatable bonds is 8. The summed E-state index contributed by atoms with van der Waals surface area (Å²) in [6, 6.07) is 16.6. The van der Waals surface area contributed by atoms with Crippen molar-refractivity contribution < 1.29 is 4.79 Å². The molecule has 1 aromatic heterocycles. The number of nitrogens with two attached hydrogens (primary N) is 2. The summed E-state index contributed by atoms with van der Waals surface area (Å²) in [6.45, 7) is 3.73. The molecule has 0 aliphatic carbocycles. The molecular formula is C24H25N5O. The van der Waals surface area contributed by atoms with E-state index in [2.05, 4.69) is 23.3 Å². The van der Waals surface area contributed by atoms with Crippen molar-refractivity contribution in [3.05, 3.63) is 71.4 Å². The Bertz CT molecular complexity index is 1100. The average molecular weight is 399 g/mol. The van der Waals surface area contributed by atoms with Crippen molar-refractivity contribution in [1.29, 1.82) is 5.26 Å². The third kappa shape index (κ3) is 4.65. The minimum atomic E-state index is -0.540. The Morgan fingerprint density at radius 1 is 1.17 bits per heavy atom. The zero-order valence-corrected chi connectivity index (χ0v) is 17.0. The number of pyridine rings is 1. The minimum absolute atomic E-state index is 0.368. The van der Waals surface area contributed by atoms with E-state index in [1.54, 1.807) is 24.4 Å². The maximum absolute atomic E-state index is 12.0. The molecule has 1 amide bonds. The second-order valence-electron chi connectivity index (χ2n) is 7.09. The first-order chi connectivity index (χ1) is 14.5. The fraction of sp³-hybridized carbons (Fsp3) is 0.208. The van der Waals surface area contributed by atoms with Crippen LogP contribution in [-0.2, 0) is 6.54 Å². The Hall–Kier alpha value is -3.69. The highest BCUT2D eigenvalue weighted by Crippen LogP contribution is 2.33. The zero-order valence-electron chi connectivity index (χ0n) is 17.0. The first kappa shape index (κ1) is 21.0. The molecule has 30 heavy (non-hydrogen) atoms. The predicted molar refractivity (Wildman–Crippen MR) is 119 cm³/mol. The van der Waals surface area contributed by atoms with E-state index >= 15 is 0 Å². The average Bonchev–Trinajstić information content (AvgIpc) is 2.76. The van der Waals surface area contributed by atoms with Gasteiger partial charge in [-0.3, -0.25) is 9.78 Å². The second kappa shape index (κ2) is 9.68. The molecule has 0 saturated carbocycles. The van der Waals surface area contributed by atoms with Gasteiger partial charge in [0.2, 0.25) is 5.91 Å². The fourth-order valence-corrected chi connectivity index (χ4v) is 3.33. The van der Waals surface area contributed by atoms with Crippen LogP contribution < -0.4 is 16.8 Å². The van der Waals surface area contributed by atoms with Crippen LogP contribution in [0.5, 0.6) is 0 Å². The molecule has 6 heteroatoms. The number of para-hydroxylation sites is 1. The number of nitrogen functional groups attached to an aromatic ring is 1. The number of carbonyl (C=O) groups excluding carboxylic acids is 1. The van der Waals surface area contributed by atoms with E-state index in [-0.39, 0.29) is 0 Å². The van der Waals surface area contributed by atoms with E-state index in [1.165, 1.54) is 0 Å². The zero-order chi connectivity index (χ0) is 21.5. The van der Waals surface area contributed by atoms with E-state index in [0.717, 1.165) is 30.5 Å². The first-order valence-electron chi connectivity index (χ1n) is 9.94. The molecule has 6 nitrogen and oxygen atoms in total. The van der Waals surface area contributed by atoms with E-state index in [4.69, 9.17) is 11.5 Å². The molecule has 3 rings (SSSR count). The van der Waals surface area contributed by atoms with E-state index < -0.39 is 5.91 Å². The number of hydrogen-bond donors (Lipinski definition) is 3. The molecule has 0 saturated heterocycles. The third-order valence-corrected chi connectivity index (χ3v) is 4.91. The molecule has 0 fully saturated rings. The van der Waals surface area contributed by atoms with Crippen molar-refractivity contribution in [3.63, 3.8) is 0 Å². The standard InChI is InChI=1S/C24H25N5O/c1-2-3-10-28-14-16-11-18(13-25)23(29-15-16)17-8-9-20(24(27)30)21(12-17)19-6-4-5-7-22(19)26/h4-9,11-12,15,28H,2-3,10,14,26H2,1H3,(H2,27,30). The number of carbonyl (C=O) groups is 1. The number of nitrogens with one attached hydrogen (secondary N) is 1. The van der Waals surface area contributed by atoms with Crippen LogP contribution >= 0.6 is 0 Å². The summed E-state index contributed by atoms with van der Waals surface area (Å²) >= 11 is 0. The minimum Gasteiger partial charge on any atom is -0.398 e. The third-order valence-electron chi connectivity index (χ3n) is 4.91. The lowest BCUT2D eigenvalue weighted by atomic mass is 9.93. The molecule has 152 valence electrons. The van der Waals surface area contributed by atoms with Crippen LogP contribution in [0, 0.1) is 11.3 Å². The monoisotopic (exact) mass is 399 g/mol. The van der Waals surface area contributed by atoms with Crippen molar-refractivity contribution in [2.75, 3.05) is 12.3 Å². The molecule has 0 aliphatic rings. The van der Waals surface area contributed by atoms with Crippen LogP contribution in [0.2, 0.25) is 0 Å². The summed E-state index contributed by atoms with van der Waals surface area (Å²) in [7, 11) is 0. The number of anilines is 1. The number of nitrogens with zero attached hydrogens (tertiary/aromatic N) is 2. The van der Waals surface area contributed by atoms with Gasteiger partial charge in [-0.1, -0.05) is 37.6 Å². The summed E-state index contributed by atoms with van der Waals surface area (Å²) in [5.74, 6) is -0.540. The Kier molecular flexibility index (Phi) is 6.79. The van der Waals surface area contributed by atoms with Gasteiger partial charge in [0.25, 0.3) is 0 Å². The molecule has 0 radical (unpaired) electrons. The van der Waals surface area contributed by atoms with Gasteiger partial charge in [-0.15, -0.1) is 0 Å². The summed E-state index contributed by atoms with van der Waals surface area (Å²) < 4.78 is 0. The van der Waals surface area contributed by atoms with Crippen molar-refractivity contribution in [2.45, 2.75) is 26.3 Å².